The van der Waals surface area contributed by atoms with Crippen LogP contribution in [0, 0.1) is 24.0 Å². The van der Waals surface area contributed by atoms with E-state index in [2.05, 4.69) is 5.32 Å². The highest BCUT2D eigenvalue weighted by atomic mass is 16.6. The molecule has 116 valence electrons. The molecule has 0 aliphatic rings. The second-order valence-corrected chi connectivity index (χ2v) is 5.02. The molecule has 1 aromatic carbocycles. The van der Waals surface area contributed by atoms with Gasteiger partial charge in [-0.05, 0) is 39.4 Å². The molecule has 0 saturated heterocycles. The summed E-state index contributed by atoms with van der Waals surface area (Å²) in [6, 6.07) is 3.06. The van der Waals surface area contributed by atoms with Crippen LogP contribution in [0.4, 0.5) is 5.69 Å². The summed E-state index contributed by atoms with van der Waals surface area (Å²) in [7, 11) is 2.94. The lowest BCUT2D eigenvalue weighted by molar-refractivity contribution is -0.385. The topological polar surface area (TPSA) is 90.7 Å². The number of aryl methyl sites for hydroxylation is 2. The van der Waals surface area contributed by atoms with Crippen LogP contribution < -0.4 is 10.1 Å². The standard InChI is InChI=1S/C14H20N2O5/c1-9-7-12(10(2)6-11(9)16(18)19)21-8-14(3,15-4)13(17)20-5/h6-7,15H,8H2,1-5H3. The van der Waals surface area contributed by atoms with Crippen LogP contribution in [0.25, 0.3) is 0 Å². The number of ether oxygens (including phenoxy) is 2. The second-order valence-electron chi connectivity index (χ2n) is 5.02. The number of benzene rings is 1. The first-order valence-electron chi connectivity index (χ1n) is 6.41. The van der Waals surface area contributed by atoms with E-state index in [9.17, 15) is 14.9 Å². The number of likely N-dealkylation sites (N-methyl/N-ethyl adjacent to an activating group) is 1. The Bertz CT molecular complexity index is 559. The van der Waals surface area contributed by atoms with E-state index in [4.69, 9.17) is 9.47 Å². The summed E-state index contributed by atoms with van der Waals surface area (Å²) >= 11 is 0. The number of nitrogens with zero attached hydrogens (tertiary/aromatic N) is 1. The number of nitrogens with one attached hydrogen (secondary N) is 1. The molecular weight excluding hydrogens is 276 g/mol. The third-order valence-electron chi connectivity index (χ3n) is 3.39. The fraction of sp³-hybridized carbons (Fsp3) is 0.500. The molecule has 0 saturated carbocycles. The lowest BCUT2D eigenvalue weighted by Crippen LogP contribution is -2.52. The second kappa shape index (κ2) is 6.53. The smallest absolute Gasteiger partial charge is 0.329 e. The molecule has 1 rings (SSSR count). The largest absolute Gasteiger partial charge is 0.491 e. The first-order chi connectivity index (χ1) is 9.75. The Kier molecular flexibility index (Phi) is 5.26. The van der Waals surface area contributed by atoms with Crippen molar-refractivity contribution in [2.75, 3.05) is 20.8 Å². The number of hydrogen-bond donors (Lipinski definition) is 1. The summed E-state index contributed by atoms with van der Waals surface area (Å²) in [4.78, 5) is 22.2. The van der Waals surface area contributed by atoms with Gasteiger partial charge >= 0.3 is 5.97 Å². The van der Waals surface area contributed by atoms with Crippen molar-refractivity contribution >= 4 is 11.7 Å². The molecule has 1 unspecified atom stereocenters. The summed E-state index contributed by atoms with van der Waals surface area (Å²) in [5.41, 5.74) is 0.196. The molecule has 0 spiro atoms. The first-order valence-corrected chi connectivity index (χ1v) is 6.41. The highest BCUT2D eigenvalue weighted by Gasteiger charge is 2.34. The van der Waals surface area contributed by atoms with Crippen LogP contribution in [-0.2, 0) is 9.53 Å². The summed E-state index contributed by atoms with van der Waals surface area (Å²) in [5.74, 6) is 0.0600. The molecule has 0 radical (unpaired) electrons. The zero-order chi connectivity index (χ0) is 16.2. The van der Waals surface area contributed by atoms with E-state index >= 15 is 0 Å². The van der Waals surface area contributed by atoms with Crippen LogP contribution in [0.3, 0.4) is 0 Å². The predicted molar refractivity (Wildman–Crippen MR) is 77.5 cm³/mol. The van der Waals surface area contributed by atoms with E-state index in [0.717, 1.165) is 0 Å². The van der Waals surface area contributed by atoms with Gasteiger partial charge in [-0.15, -0.1) is 0 Å². The van der Waals surface area contributed by atoms with Crippen LogP contribution in [0.5, 0.6) is 5.75 Å². The summed E-state index contributed by atoms with van der Waals surface area (Å²) < 4.78 is 10.4. The van der Waals surface area contributed by atoms with Crippen LogP contribution in [0.1, 0.15) is 18.1 Å². The van der Waals surface area contributed by atoms with Crippen molar-refractivity contribution in [1.29, 1.82) is 0 Å². The third kappa shape index (κ3) is 3.69. The fourth-order valence-corrected chi connectivity index (χ4v) is 1.81. The molecule has 0 heterocycles. The van der Waals surface area contributed by atoms with Gasteiger partial charge in [0.25, 0.3) is 5.69 Å². The summed E-state index contributed by atoms with van der Waals surface area (Å²) in [5, 5.41) is 13.7. The van der Waals surface area contributed by atoms with Crippen LogP contribution in [0.15, 0.2) is 12.1 Å². The predicted octanol–water partition coefficient (Wildman–Crippen LogP) is 1.74. The third-order valence-corrected chi connectivity index (χ3v) is 3.39. The Morgan fingerprint density at radius 1 is 1.38 bits per heavy atom. The molecule has 0 aliphatic carbocycles. The minimum absolute atomic E-state index is 0.0456. The zero-order valence-corrected chi connectivity index (χ0v) is 12.9. The van der Waals surface area contributed by atoms with E-state index in [-0.39, 0.29) is 12.3 Å². The van der Waals surface area contributed by atoms with Gasteiger partial charge in [0.1, 0.15) is 17.9 Å². The maximum atomic E-state index is 11.7. The van der Waals surface area contributed by atoms with Crippen LogP contribution in [0.2, 0.25) is 0 Å². The van der Waals surface area contributed by atoms with Crippen LogP contribution in [-0.4, -0.2) is 37.2 Å². The maximum absolute atomic E-state index is 11.7. The highest BCUT2D eigenvalue weighted by molar-refractivity contribution is 5.80. The molecule has 1 N–H and O–H groups in total. The molecule has 7 nitrogen and oxygen atoms in total. The molecule has 1 aromatic rings. The highest BCUT2D eigenvalue weighted by Crippen LogP contribution is 2.28. The fourth-order valence-electron chi connectivity index (χ4n) is 1.81. The van der Waals surface area contributed by atoms with Gasteiger partial charge in [-0.25, -0.2) is 4.79 Å². The number of carbonyl (C=O) groups excluding carboxylic acids is 1. The van der Waals surface area contributed by atoms with E-state index in [1.807, 2.05) is 0 Å². The minimum Gasteiger partial charge on any atom is -0.491 e. The number of esters is 1. The van der Waals surface area contributed by atoms with Gasteiger partial charge in [0, 0.05) is 11.6 Å². The Balaban J connectivity index is 2.97. The number of nitro benzene ring substituents is 1. The number of carbonyl (C=O) groups is 1. The van der Waals surface area contributed by atoms with E-state index < -0.39 is 16.4 Å². The minimum atomic E-state index is -0.989. The lowest BCUT2D eigenvalue weighted by atomic mass is 10.0. The molecule has 0 bridgehead atoms. The van der Waals surface area contributed by atoms with Gasteiger partial charge in [0.15, 0.2) is 0 Å². The van der Waals surface area contributed by atoms with Crippen molar-refractivity contribution in [1.82, 2.24) is 5.32 Å². The van der Waals surface area contributed by atoms with Crippen molar-refractivity contribution in [2.45, 2.75) is 26.3 Å². The quantitative estimate of drug-likeness (QED) is 0.488. The van der Waals surface area contributed by atoms with Gasteiger partial charge in [-0.2, -0.15) is 0 Å². The van der Waals surface area contributed by atoms with Crippen molar-refractivity contribution in [3.63, 3.8) is 0 Å². The van der Waals surface area contributed by atoms with E-state index in [0.29, 0.717) is 16.9 Å². The molecule has 7 heteroatoms. The Labute approximate surface area is 123 Å². The average molecular weight is 296 g/mol. The number of nitro groups is 1. The van der Waals surface area contributed by atoms with E-state index in [1.54, 1.807) is 33.9 Å². The number of hydrogen-bond acceptors (Lipinski definition) is 6. The Morgan fingerprint density at radius 2 is 2.00 bits per heavy atom. The number of methoxy groups -OCH3 is 1. The summed E-state index contributed by atoms with van der Waals surface area (Å²) in [6.45, 7) is 5.07. The molecule has 0 amide bonds. The molecular formula is C14H20N2O5. The van der Waals surface area contributed by atoms with Gasteiger partial charge < -0.3 is 14.8 Å². The molecule has 1 atom stereocenters. The average Bonchev–Trinajstić information content (AvgIpc) is 2.46. The zero-order valence-electron chi connectivity index (χ0n) is 12.9. The SMILES string of the molecule is CNC(C)(COc1cc(C)c([N+](=O)[O-])cc1C)C(=O)OC. The number of rotatable bonds is 6. The Morgan fingerprint density at radius 3 is 2.48 bits per heavy atom. The maximum Gasteiger partial charge on any atom is 0.329 e. The van der Waals surface area contributed by atoms with Crippen molar-refractivity contribution in [3.05, 3.63) is 33.4 Å². The van der Waals surface area contributed by atoms with Gasteiger partial charge in [-0.1, -0.05) is 0 Å². The van der Waals surface area contributed by atoms with Gasteiger partial charge in [0.2, 0.25) is 0 Å². The van der Waals surface area contributed by atoms with Crippen molar-refractivity contribution < 1.29 is 19.2 Å². The monoisotopic (exact) mass is 296 g/mol. The molecule has 0 fully saturated rings. The summed E-state index contributed by atoms with van der Waals surface area (Å²) in [6.07, 6.45) is 0. The Hall–Kier alpha value is -2.15. The van der Waals surface area contributed by atoms with Crippen molar-refractivity contribution in [2.24, 2.45) is 0 Å². The van der Waals surface area contributed by atoms with Gasteiger partial charge in [-0.3, -0.25) is 10.1 Å². The van der Waals surface area contributed by atoms with Crippen molar-refractivity contribution in [3.8, 4) is 5.75 Å². The molecule has 21 heavy (non-hydrogen) atoms. The van der Waals surface area contributed by atoms with E-state index in [1.165, 1.54) is 13.2 Å². The normalized spacial score (nSPS) is 13.4. The molecule has 0 aromatic heterocycles. The van der Waals surface area contributed by atoms with Gasteiger partial charge in [0.05, 0.1) is 12.0 Å². The molecule has 0 aliphatic heterocycles. The first kappa shape index (κ1) is 16.9. The van der Waals surface area contributed by atoms with Crippen LogP contribution >= 0.6 is 0 Å². The lowest BCUT2D eigenvalue weighted by Gasteiger charge is -2.26.